The Morgan fingerprint density at radius 1 is 0.385 bits per heavy atom. The minimum Gasteiger partial charge on any atom is -0.481 e. The van der Waals surface area contributed by atoms with Gasteiger partial charge < -0.3 is 58.3 Å². The number of carbonyl (C=O) groups is 10. The molecule has 21 nitrogen and oxygen atoms in total. The summed E-state index contributed by atoms with van der Waals surface area (Å²) in [5.74, 6) is -11.0. The number of carboxylic acids is 3. The highest BCUT2D eigenvalue weighted by molar-refractivity contribution is 5.98. The summed E-state index contributed by atoms with van der Waals surface area (Å²) < 4.78 is 0. The van der Waals surface area contributed by atoms with Crippen LogP contribution in [-0.2, 0) is 47.9 Å². The summed E-state index contributed by atoms with van der Waals surface area (Å²) in [4.78, 5) is 130. The van der Waals surface area contributed by atoms with Crippen LogP contribution in [0.3, 0.4) is 0 Å². The second kappa shape index (κ2) is 29.2. The van der Waals surface area contributed by atoms with Crippen LogP contribution in [0.2, 0.25) is 0 Å². The largest absolute Gasteiger partial charge is 0.481 e. The van der Waals surface area contributed by atoms with Crippen molar-refractivity contribution in [3.63, 3.8) is 0 Å². The first-order valence-electron chi connectivity index (χ1n) is 22.5. The van der Waals surface area contributed by atoms with E-state index in [1.165, 1.54) is 0 Å². The van der Waals surface area contributed by atoms with Gasteiger partial charge in [0, 0.05) is 6.42 Å². The normalized spacial score (nSPS) is 15.2. The zero-order valence-corrected chi connectivity index (χ0v) is 40.2. The number of nitrogens with one attached hydrogen (secondary N) is 7. The van der Waals surface area contributed by atoms with Crippen molar-refractivity contribution in [1.82, 2.24) is 37.2 Å². The second-order valence-electron chi connectivity index (χ2n) is 19.2. The third-order valence-electron chi connectivity index (χ3n) is 9.95. The van der Waals surface area contributed by atoms with Gasteiger partial charge in [-0.05, 0) is 74.0 Å². The van der Waals surface area contributed by atoms with E-state index >= 15 is 0 Å². The van der Waals surface area contributed by atoms with Crippen LogP contribution in [-0.4, -0.2) is 123 Å². The lowest BCUT2D eigenvalue weighted by Crippen LogP contribution is -2.61. The molecule has 7 amide bonds. The number of nitrogens with two attached hydrogens (primary N) is 1. The molecule has 8 atom stereocenters. The molecular weight excluding hydrogens is 849 g/mol. The molecule has 0 aliphatic carbocycles. The minimum atomic E-state index is -1.75. The van der Waals surface area contributed by atoms with Gasteiger partial charge in [0.1, 0.15) is 42.3 Å². The lowest BCUT2D eigenvalue weighted by molar-refractivity contribution is -0.143. The number of rotatable bonds is 31. The van der Waals surface area contributed by atoms with E-state index in [0.29, 0.717) is 0 Å². The van der Waals surface area contributed by atoms with Crippen molar-refractivity contribution in [2.75, 3.05) is 0 Å². The van der Waals surface area contributed by atoms with E-state index in [2.05, 4.69) is 37.2 Å². The van der Waals surface area contributed by atoms with Crippen LogP contribution in [0.25, 0.3) is 0 Å². The average Bonchev–Trinajstić information content (AvgIpc) is 3.15. The summed E-state index contributed by atoms with van der Waals surface area (Å²) in [5.41, 5.74) is 5.87. The first-order chi connectivity index (χ1) is 29.9. The van der Waals surface area contributed by atoms with Gasteiger partial charge in [-0.2, -0.15) is 0 Å². The lowest BCUT2D eigenvalue weighted by atomic mass is 9.98. The van der Waals surface area contributed by atoms with Gasteiger partial charge in [-0.15, -0.1) is 0 Å². The molecule has 0 radical (unpaired) electrons. The predicted octanol–water partition coefficient (Wildman–Crippen LogP) is 1.02. The van der Waals surface area contributed by atoms with Crippen LogP contribution in [0.5, 0.6) is 0 Å². The quantitative estimate of drug-likeness (QED) is 0.0463. The fourth-order valence-electron chi connectivity index (χ4n) is 6.72. The zero-order valence-electron chi connectivity index (χ0n) is 40.2. The zero-order chi connectivity index (χ0) is 50.5. The molecule has 372 valence electrons. The van der Waals surface area contributed by atoms with Gasteiger partial charge in [-0.3, -0.25) is 43.2 Å². The number of hydrogen-bond donors (Lipinski definition) is 11. The van der Waals surface area contributed by atoms with Crippen LogP contribution in [0, 0.1) is 35.5 Å². The molecule has 12 N–H and O–H groups in total. The Hall–Kier alpha value is -5.34. The van der Waals surface area contributed by atoms with Gasteiger partial charge in [0.15, 0.2) is 0 Å². The highest BCUT2D eigenvalue weighted by Crippen LogP contribution is 2.14. The van der Waals surface area contributed by atoms with Gasteiger partial charge in [0.05, 0.1) is 12.5 Å². The predicted molar refractivity (Wildman–Crippen MR) is 240 cm³/mol. The number of carbonyl (C=O) groups excluding carboxylic acids is 7. The Balaban J connectivity index is 6.45. The third-order valence-corrected chi connectivity index (χ3v) is 9.95. The first-order valence-corrected chi connectivity index (χ1v) is 22.5. The fraction of sp³-hybridized carbons (Fsp3) is 0.773. The summed E-state index contributed by atoms with van der Waals surface area (Å²) in [5, 5.41) is 46.3. The van der Waals surface area contributed by atoms with Crippen LogP contribution in [0.1, 0.15) is 134 Å². The Morgan fingerprint density at radius 2 is 0.677 bits per heavy atom. The van der Waals surface area contributed by atoms with Crippen LogP contribution >= 0.6 is 0 Å². The highest BCUT2D eigenvalue weighted by Gasteiger charge is 2.36. The van der Waals surface area contributed by atoms with Crippen LogP contribution in [0.15, 0.2) is 0 Å². The van der Waals surface area contributed by atoms with Gasteiger partial charge in [0.2, 0.25) is 41.4 Å². The summed E-state index contributed by atoms with van der Waals surface area (Å²) in [6.45, 7) is 21.1. The van der Waals surface area contributed by atoms with Gasteiger partial charge in [-0.1, -0.05) is 83.1 Å². The molecule has 0 bridgehead atoms. The smallest absolute Gasteiger partial charge is 0.326 e. The highest BCUT2D eigenvalue weighted by atomic mass is 16.4. The van der Waals surface area contributed by atoms with Crippen molar-refractivity contribution in [2.45, 2.75) is 183 Å². The van der Waals surface area contributed by atoms with E-state index in [1.54, 1.807) is 83.1 Å². The summed E-state index contributed by atoms with van der Waals surface area (Å²) >= 11 is 0. The Morgan fingerprint density at radius 3 is 0.985 bits per heavy atom. The Bertz CT molecular complexity index is 1630. The van der Waals surface area contributed by atoms with Crippen molar-refractivity contribution < 1.29 is 63.3 Å². The molecule has 0 heterocycles. The van der Waals surface area contributed by atoms with E-state index < -0.39 is 120 Å². The summed E-state index contributed by atoms with van der Waals surface area (Å²) in [6.07, 6.45) is -0.952. The molecule has 0 unspecified atom stereocenters. The molecule has 0 aliphatic rings. The van der Waals surface area contributed by atoms with E-state index in [1.807, 2.05) is 0 Å². The van der Waals surface area contributed by atoms with Crippen molar-refractivity contribution in [2.24, 2.45) is 41.2 Å². The molecule has 21 heteroatoms. The molecule has 0 aromatic rings. The number of aliphatic carboxylic acids is 3. The molecule has 0 saturated heterocycles. The molecule has 0 rings (SSSR count). The van der Waals surface area contributed by atoms with Crippen LogP contribution < -0.4 is 43.0 Å². The van der Waals surface area contributed by atoms with E-state index in [0.717, 1.165) is 0 Å². The van der Waals surface area contributed by atoms with E-state index in [4.69, 9.17) is 10.8 Å². The Labute approximate surface area is 383 Å². The molecule has 65 heavy (non-hydrogen) atoms. The number of amides is 7. The molecular formula is C44H78N8O13. The topological polar surface area (TPSA) is 342 Å². The first kappa shape index (κ1) is 59.7. The molecule has 0 spiro atoms. The molecule has 0 fully saturated rings. The maximum atomic E-state index is 13.9. The van der Waals surface area contributed by atoms with Crippen molar-refractivity contribution in [3.05, 3.63) is 0 Å². The average molecular weight is 927 g/mol. The molecule has 0 aromatic heterocycles. The Kier molecular flexibility index (Phi) is 26.8. The number of carboxylic acid groups (broad SMARTS) is 3. The van der Waals surface area contributed by atoms with Crippen molar-refractivity contribution in [1.29, 1.82) is 0 Å². The third kappa shape index (κ3) is 24.5. The van der Waals surface area contributed by atoms with Gasteiger partial charge in [-0.25, -0.2) is 4.79 Å². The monoisotopic (exact) mass is 927 g/mol. The maximum absolute atomic E-state index is 13.9. The van der Waals surface area contributed by atoms with Crippen molar-refractivity contribution in [3.8, 4) is 0 Å². The van der Waals surface area contributed by atoms with Crippen LogP contribution in [0.4, 0.5) is 0 Å². The SMILES string of the molecule is CC(C)C[C@H](NC(=O)[C@H](CC(C)C)NC(=O)[C@H](CC(C)C)NC(=O)[C@H](CC(=O)O)NC(=O)[C@@H](NC(=O)[C@H](CC(C)C)NC(=O)[C@H](CC(C)C)NC(=O)[C@@H](N)CCC(=O)O)C(C)C)C(=O)O. The lowest BCUT2D eigenvalue weighted by Gasteiger charge is -2.29. The summed E-state index contributed by atoms with van der Waals surface area (Å²) in [7, 11) is 0. The molecule has 0 saturated carbocycles. The van der Waals surface area contributed by atoms with Crippen molar-refractivity contribution >= 4 is 59.3 Å². The van der Waals surface area contributed by atoms with Gasteiger partial charge >= 0.3 is 17.9 Å². The standard InChI is InChI=1S/C44H78N8O13/c1-21(2)15-28(46-37(57)27(45)13-14-34(53)54)38(58)49-31(18-24(7)8)42(62)52-36(26(11)12)43(63)50-32(20-35(55)56)41(61)48-29(16-22(3)4)39(59)47-30(17-23(5)6)40(60)51-33(44(64)65)19-25(9)10/h21-33,36H,13-20,45H2,1-12H3,(H,46,57)(H,47,59)(H,48,61)(H,49,58)(H,50,63)(H,51,60)(H,52,62)(H,53,54)(H,55,56)(H,64,65)/t27-,28-,29-,30-,31-,32-,33-,36-/m0/s1. The van der Waals surface area contributed by atoms with E-state index in [-0.39, 0.29) is 74.5 Å². The molecule has 0 aromatic carbocycles. The van der Waals surface area contributed by atoms with Gasteiger partial charge in [0.25, 0.3) is 0 Å². The minimum absolute atomic E-state index is 0.0271. The second-order valence-corrected chi connectivity index (χ2v) is 19.2. The van der Waals surface area contributed by atoms with E-state index in [9.17, 15) is 58.2 Å². The molecule has 0 aliphatic heterocycles. The summed E-state index contributed by atoms with van der Waals surface area (Å²) in [6, 6.07) is -10.5. The fourth-order valence-corrected chi connectivity index (χ4v) is 6.72. The number of hydrogen-bond acceptors (Lipinski definition) is 11. The maximum Gasteiger partial charge on any atom is 0.326 e.